The average molecular weight is 246 g/mol. The van der Waals surface area contributed by atoms with Crippen molar-refractivity contribution in [2.45, 2.75) is 38.0 Å². The van der Waals surface area contributed by atoms with Gasteiger partial charge in [-0.25, -0.2) is 4.21 Å². The van der Waals surface area contributed by atoms with Crippen LogP contribution in [0.4, 0.5) is 0 Å². The Morgan fingerprint density at radius 3 is 2.65 bits per heavy atom. The molecule has 1 unspecified atom stereocenters. The Morgan fingerprint density at radius 1 is 1.29 bits per heavy atom. The first kappa shape index (κ1) is 13.7. The van der Waals surface area contributed by atoms with Crippen molar-refractivity contribution >= 4 is 10.8 Å². The van der Waals surface area contributed by atoms with E-state index in [1.807, 2.05) is 44.2 Å². The average Bonchev–Trinajstić information content (AvgIpc) is 2.34. The normalized spacial score (nSPS) is 12.1. The van der Waals surface area contributed by atoms with Crippen molar-refractivity contribution in [2.75, 3.05) is 0 Å². The topological polar surface area (TPSA) is 17.1 Å². The molecule has 0 heterocycles. The number of hydrogen-bond acceptors (Lipinski definition) is 1. The molecule has 0 aliphatic carbocycles. The van der Waals surface area contributed by atoms with E-state index >= 15 is 0 Å². The van der Waals surface area contributed by atoms with Crippen LogP contribution in [0.15, 0.2) is 40.6 Å². The quantitative estimate of drug-likeness (QED) is 0.570. The summed E-state index contributed by atoms with van der Waals surface area (Å²) in [5.41, 5.74) is 1.19. The fourth-order valence-electron chi connectivity index (χ4n) is 1.34. The molecule has 0 saturated carbocycles. The van der Waals surface area contributed by atoms with Crippen LogP contribution >= 0.6 is 0 Å². The van der Waals surface area contributed by atoms with Gasteiger partial charge in [-0.05, 0) is 38.8 Å². The predicted octanol–water partition coefficient (Wildman–Crippen LogP) is 3.81. The van der Waals surface area contributed by atoms with Crippen LogP contribution in [0.3, 0.4) is 0 Å². The Hall–Kier alpha value is -1.33. The Morgan fingerprint density at radius 2 is 2.00 bits per heavy atom. The molecule has 0 radical (unpaired) electrons. The summed E-state index contributed by atoms with van der Waals surface area (Å²) in [7, 11) is -1.02. The summed E-state index contributed by atoms with van der Waals surface area (Å²) < 4.78 is 11.8. The molecule has 1 aromatic rings. The molecule has 1 atom stereocenters. The number of rotatable bonds is 5. The van der Waals surface area contributed by atoms with E-state index in [4.69, 9.17) is 0 Å². The number of benzene rings is 1. The molecule has 17 heavy (non-hydrogen) atoms. The molecule has 0 fully saturated rings. The molecule has 1 aromatic carbocycles. The lowest BCUT2D eigenvalue weighted by molar-refractivity contribution is 0.688. The van der Waals surface area contributed by atoms with E-state index in [1.54, 1.807) is 5.41 Å². The third kappa shape index (κ3) is 5.51. The highest BCUT2D eigenvalue weighted by Gasteiger charge is 1.97. The molecular formula is C15H18OS. The van der Waals surface area contributed by atoms with Crippen molar-refractivity contribution in [2.24, 2.45) is 0 Å². The van der Waals surface area contributed by atoms with Gasteiger partial charge in [-0.2, -0.15) is 0 Å². The lowest BCUT2D eigenvalue weighted by atomic mass is 10.2. The van der Waals surface area contributed by atoms with Crippen molar-refractivity contribution in [3.63, 3.8) is 0 Å². The van der Waals surface area contributed by atoms with Gasteiger partial charge in [0.25, 0.3) is 0 Å². The van der Waals surface area contributed by atoms with Crippen LogP contribution in [0.25, 0.3) is 0 Å². The molecule has 0 saturated heterocycles. The maximum atomic E-state index is 11.8. The zero-order valence-electron chi connectivity index (χ0n) is 10.4. The van der Waals surface area contributed by atoms with Gasteiger partial charge in [-0.15, -0.1) is 11.8 Å². The SMILES string of the molecule is CC#CCCC/C=C/S(=O)c1ccc(C)cc1. The van der Waals surface area contributed by atoms with Crippen molar-refractivity contribution in [3.05, 3.63) is 41.3 Å². The minimum Gasteiger partial charge on any atom is -0.250 e. The summed E-state index contributed by atoms with van der Waals surface area (Å²) in [6.07, 6.45) is 4.86. The molecule has 2 heteroatoms. The van der Waals surface area contributed by atoms with Gasteiger partial charge in [0.05, 0.1) is 10.8 Å². The molecule has 0 N–H and O–H groups in total. The first-order valence-electron chi connectivity index (χ1n) is 5.77. The standard InChI is InChI=1S/C15H18OS/c1-3-4-5-6-7-8-13-17(16)15-11-9-14(2)10-12-15/h8-13H,5-7H2,1-2H3/b13-8+. The summed E-state index contributed by atoms with van der Waals surface area (Å²) in [6.45, 7) is 3.87. The van der Waals surface area contributed by atoms with E-state index in [0.717, 1.165) is 24.2 Å². The maximum absolute atomic E-state index is 11.8. The predicted molar refractivity (Wildman–Crippen MR) is 74.0 cm³/mol. The molecule has 1 rings (SSSR count). The molecule has 0 aliphatic rings. The minimum atomic E-state index is -1.02. The second kappa shape index (κ2) is 7.86. The van der Waals surface area contributed by atoms with E-state index in [9.17, 15) is 4.21 Å². The molecule has 0 bridgehead atoms. The van der Waals surface area contributed by atoms with Crippen LogP contribution < -0.4 is 0 Å². The van der Waals surface area contributed by atoms with Crippen LogP contribution in [-0.2, 0) is 10.8 Å². The zero-order valence-corrected chi connectivity index (χ0v) is 11.2. The zero-order chi connectivity index (χ0) is 12.5. The van der Waals surface area contributed by atoms with Crippen LogP contribution in [0.1, 0.15) is 31.7 Å². The highest BCUT2D eigenvalue weighted by molar-refractivity contribution is 7.88. The monoisotopic (exact) mass is 246 g/mol. The van der Waals surface area contributed by atoms with Gasteiger partial charge in [-0.1, -0.05) is 23.8 Å². The van der Waals surface area contributed by atoms with Gasteiger partial charge >= 0.3 is 0 Å². The van der Waals surface area contributed by atoms with E-state index in [2.05, 4.69) is 11.8 Å². The molecule has 0 aliphatic heterocycles. The maximum Gasteiger partial charge on any atom is 0.0772 e. The van der Waals surface area contributed by atoms with Gasteiger partial charge in [0.15, 0.2) is 0 Å². The third-order valence-corrected chi connectivity index (χ3v) is 3.50. The van der Waals surface area contributed by atoms with Crippen LogP contribution in [-0.4, -0.2) is 4.21 Å². The summed E-state index contributed by atoms with van der Waals surface area (Å²) in [5.74, 6) is 5.88. The third-order valence-electron chi connectivity index (χ3n) is 2.32. The summed E-state index contributed by atoms with van der Waals surface area (Å²) in [4.78, 5) is 0.861. The fourth-order valence-corrected chi connectivity index (χ4v) is 2.21. The summed E-state index contributed by atoms with van der Waals surface area (Å²) in [6, 6.07) is 7.80. The fraction of sp³-hybridized carbons (Fsp3) is 0.333. The Labute approximate surface area is 106 Å². The van der Waals surface area contributed by atoms with E-state index in [-0.39, 0.29) is 0 Å². The van der Waals surface area contributed by atoms with Gasteiger partial charge in [0.1, 0.15) is 0 Å². The minimum absolute atomic E-state index is 0.861. The van der Waals surface area contributed by atoms with E-state index in [1.165, 1.54) is 5.56 Å². The van der Waals surface area contributed by atoms with Crippen molar-refractivity contribution in [1.82, 2.24) is 0 Å². The Balaban J connectivity index is 2.40. The lowest BCUT2D eigenvalue weighted by Crippen LogP contribution is -1.86. The summed E-state index contributed by atoms with van der Waals surface area (Å²) in [5, 5.41) is 1.77. The van der Waals surface area contributed by atoms with Crippen LogP contribution in [0.2, 0.25) is 0 Å². The van der Waals surface area contributed by atoms with Gasteiger partial charge in [-0.3, -0.25) is 0 Å². The number of aryl methyl sites for hydroxylation is 1. The van der Waals surface area contributed by atoms with Gasteiger partial charge in [0, 0.05) is 16.7 Å². The lowest BCUT2D eigenvalue weighted by Gasteiger charge is -1.97. The summed E-state index contributed by atoms with van der Waals surface area (Å²) >= 11 is 0. The number of allylic oxidation sites excluding steroid dienone is 1. The highest BCUT2D eigenvalue weighted by atomic mass is 32.2. The molecular weight excluding hydrogens is 228 g/mol. The van der Waals surface area contributed by atoms with Crippen LogP contribution in [0, 0.1) is 18.8 Å². The first-order chi connectivity index (χ1) is 8.24. The molecule has 90 valence electrons. The van der Waals surface area contributed by atoms with Crippen LogP contribution in [0.5, 0.6) is 0 Å². The molecule has 0 amide bonds. The van der Waals surface area contributed by atoms with E-state index < -0.39 is 10.8 Å². The van der Waals surface area contributed by atoms with Crippen molar-refractivity contribution in [1.29, 1.82) is 0 Å². The Kier molecular flexibility index (Phi) is 6.35. The Bertz CT molecular complexity index is 446. The second-order valence-electron chi connectivity index (χ2n) is 3.80. The molecule has 1 nitrogen and oxygen atoms in total. The highest BCUT2D eigenvalue weighted by Crippen LogP contribution is 2.09. The van der Waals surface area contributed by atoms with E-state index in [0.29, 0.717) is 0 Å². The number of hydrogen-bond donors (Lipinski definition) is 0. The van der Waals surface area contributed by atoms with Crippen molar-refractivity contribution < 1.29 is 4.21 Å². The number of unbranched alkanes of at least 4 members (excludes halogenated alkanes) is 2. The molecule has 0 spiro atoms. The van der Waals surface area contributed by atoms with Gasteiger partial charge in [0.2, 0.25) is 0 Å². The van der Waals surface area contributed by atoms with Crippen molar-refractivity contribution in [3.8, 4) is 11.8 Å². The second-order valence-corrected chi connectivity index (χ2v) is 5.14. The smallest absolute Gasteiger partial charge is 0.0772 e. The first-order valence-corrected chi connectivity index (χ1v) is 6.99. The van der Waals surface area contributed by atoms with Gasteiger partial charge < -0.3 is 0 Å². The molecule has 0 aromatic heterocycles. The largest absolute Gasteiger partial charge is 0.250 e.